The smallest absolute Gasteiger partial charge is 0.445 e. The van der Waals surface area contributed by atoms with Crippen LogP contribution in [0, 0.1) is 5.82 Å². The molecule has 0 bridgehead atoms. The Hall–Kier alpha value is -2.15. The Morgan fingerprint density at radius 3 is 2.21 bits per heavy atom. The summed E-state index contributed by atoms with van der Waals surface area (Å²) in [6.45, 7) is 0. The molecule has 0 amide bonds. The summed E-state index contributed by atoms with van der Waals surface area (Å²) < 4.78 is 87.1. The summed E-state index contributed by atoms with van der Waals surface area (Å²) in [5.41, 5.74) is 0. The van der Waals surface area contributed by atoms with Crippen molar-refractivity contribution in [3.63, 3.8) is 0 Å². The van der Waals surface area contributed by atoms with Gasteiger partial charge >= 0.3 is 6.18 Å². The molecule has 1 aromatic heterocycles. The van der Waals surface area contributed by atoms with Crippen LogP contribution >= 0.6 is 11.3 Å². The third kappa shape index (κ3) is 3.67. The van der Waals surface area contributed by atoms with Crippen molar-refractivity contribution in [2.24, 2.45) is 0 Å². The highest BCUT2D eigenvalue weighted by Crippen LogP contribution is 2.35. The van der Waals surface area contributed by atoms with Crippen LogP contribution in [0.1, 0.15) is 5.01 Å². The number of rotatable bonds is 5. The molecule has 2 aromatic rings. The van der Waals surface area contributed by atoms with Crippen LogP contribution in [0.4, 0.5) is 22.7 Å². The predicted molar refractivity (Wildman–Crippen MR) is 75.2 cm³/mol. The third-order valence-electron chi connectivity index (χ3n) is 2.62. The van der Waals surface area contributed by atoms with Crippen molar-refractivity contribution >= 4 is 26.5 Å². The van der Waals surface area contributed by atoms with E-state index >= 15 is 0 Å². The van der Waals surface area contributed by atoms with E-state index in [1.807, 2.05) is 0 Å². The summed E-state index contributed by atoms with van der Waals surface area (Å²) in [5.74, 6) is -1.31. The molecule has 7 nitrogen and oxygen atoms in total. The first-order valence-corrected chi connectivity index (χ1v) is 8.23. The standard InChI is InChI=1S/C11H9F4N3O4S2/c1-21-6-3-5(12)8(4-7(6)22-2)24(19,20)18-10-17-16-9(23-10)11(13,14)15/h3-4H,1-2H3,(H,17,18). The first kappa shape index (κ1) is 18.2. The van der Waals surface area contributed by atoms with Gasteiger partial charge in [0.1, 0.15) is 10.7 Å². The quantitative estimate of drug-likeness (QED) is 0.793. The summed E-state index contributed by atoms with van der Waals surface area (Å²) in [6, 6.07) is 1.61. The van der Waals surface area contributed by atoms with Crippen molar-refractivity contribution < 1.29 is 35.5 Å². The number of sulfonamides is 1. The van der Waals surface area contributed by atoms with Gasteiger partial charge in [-0.25, -0.2) is 12.8 Å². The largest absolute Gasteiger partial charge is 0.493 e. The van der Waals surface area contributed by atoms with Gasteiger partial charge in [0.15, 0.2) is 11.5 Å². The molecular formula is C11H9F4N3O4S2. The van der Waals surface area contributed by atoms with Gasteiger partial charge in [-0.2, -0.15) is 13.2 Å². The maximum Gasteiger partial charge on any atom is 0.445 e. The van der Waals surface area contributed by atoms with Crippen molar-refractivity contribution in [3.05, 3.63) is 23.0 Å². The molecule has 0 aliphatic rings. The van der Waals surface area contributed by atoms with E-state index in [0.29, 0.717) is 0 Å². The molecule has 0 saturated carbocycles. The maximum atomic E-state index is 14.0. The Morgan fingerprint density at radius 1 is 1.12 bits per heavy atom. The van der Waals surface area contributed by atoms with Crippen LogP contribution in [0.5, 0.6) is 11.5 Å². The summed E-state index contributed by atoms with van der Waals surface area (Å²) in [6.07, 6.45) is -4.77. The number of nitrogens with one attached hydrogen (secondary N) is 1. The minimum atomic E-state index is -4.77. The monoisotopic (exact) mass is 387 g/mol. The van der Waals surface area contributed by atoms with Crippen LogP contribution < -0.4 is 14.2 Å². The van der Waals surface area contributed by atoms with Crippen molar-refractivity contribution in [3.8, 4) is 11.5 Å². The molecule has 1 heterocycles. The molecule has 0 spiro atoms. The Balaban J connectivity index is 2.39. The molecule has 0 saturated heterocycles. The van der Waals surface area contributed by atoms with Gasteiger partial charge in [-0.05, 0) is 0 Å². The first-order valence-electron chi connectivity index (χ1n) is 5.93. The van der Waals surface area contributed by atoms with Crippen LogP contribution in [-0.2, 0) is 16.2 Å². The number of benzene rings is 1. The van der Waals surface area contributed by atoms with Crippen LogP contribution in [-0.4, -0.2) is 32.8 Å². The molecule has 0 aliphatic carbocycles. The summed E-state index contributed by atoms with van der Waals surface area (Å²) in [7, 11) is -2.12. The zero-order valence-corrected chi connectivity index (χ0v) is 13.6. The van der Waals surface area contributed by atoms with Gasteiger partial charge in [-0.3, -0.25) is 4.72 Å². The molecular weight excluding hydrogens is 378 g/mol. The highest BCUT2D eigenvalue weighted by Gasteiger charge is 2.36. The molecule has 0 unspecified atom stereocenters. The number of methoxy groups -OCH3 is 2. The number of aromatic nitrogens is 2. The van der Waals surface area contributed by atoms with Gasteiger partial charge < -0.3 is 9.47 Å². The summed E-state index contributed by atoms with van der Waals surface area (Å²) in [5, 5.41) is 3.91. The van der Waals surface area contributed by atoms with Gasteiger partial charge in [-0.1, -0.05) is 11.3 Å². The highest BCUT2D eigenvalue weighted by molar-refractivity contribution is 7.93. The maximum absolute atomic E-state index is 14.0. The van der Waals surface area contributed by atoms with Gasteiger partial charge in [0.2, 0.25) is 10.1 Å². The van der Waals surface area contributed by atoms with E-state index in [1.165, 1.54) is 14.2 Å². The van der Waals surface area contributed by atoms with E-state index in [4.69, 9.17) is 9.47 Å². The van der Waals surface area contributed by atoms with Crippen LogP contribution in [0.3, 0.4) is 0 Å². The van der Waals surface area contributed by atoms with E-state index in [2.05, 4.69) is 10.2 Å². The highest BCUT2D eigenvalue weighted by atomic mass is 32.2. The average molecular weight is 387 g/mol. The lowest BCUT2D eigenvalue weighted by Gasteiger charge is -2.11. The number of alkyl halides is 3. The van der Waals surface area contributed by atoms with Gasteiger partial charge in [0.25, 0.3) is 10.0 Å². The first-order chi connectivity index (χ1) is 11.1. The molecule has 24 heavy (non-hydrogen) atoms. The number of nitrogens with zero attached hydrogens (tertiary/aromatic N) is 2. The van der Waals surface area contributed by atoms with Crippen LogP contribution in [0.15, 0.2) is 17.0 Å². The van der Waals surface area contributed by atoms with E-state index in [1.54, 1.807) is 4.72 Å². The normalized spacial score (nSPS) is 12.1. The number of ether oxygens (including phenoxy) is 2. The minimum absolute atomic E-state index is 0.0311. The Kier molecular flexibility index (Phi) is 4.85. The van der Waals surface area contributed by atoms with Gasteiger partial charge in [0, 0.05) is 12.1 Å². The fraction of sp³-hybridized carbons (Fsp3) is 0.273. The summed E-state index contributed by atoms with van der Waals surface area (Å²) in [4.78, 5) is -0.844. The third-order valence-corrected chi connectivity index (χ3v) is 4.98. The van der Waals surface area contributed by atoms with Crippen molar-refractivity contribution in [1.29, 1.82) is 0 Å². The van der Waals surface area contributed by atoms with E-state index in [9.17, 15) is 26.0 Å². The van der Waals surface area contributed by atoms with Gasteiger partial charge in [-0.15, -0.1) is 10.2 Å². The lowest BCUT2D eigenvalue weighted by Crippen LogP contribution is -2.15. The molecule has 1 aromatic carbocycles. The lowest BCUT2D eigenvalue weighted by molar-refractivity contribution is -0.138. The van der Waals surface area contributed by atoms with Crippen molar-refractivity contribution in [2.75, 3.05) is 18.9 Å². The molecule has 0 fully saturated rings. The van der Waals surface area contributed by atoms with E-state index in [0.717, 1.165) is 12.1 Å². The Morgan fingerprint density at radius 2 is 1.71 bits per heavy atom. The lowest BCUT2D eigenvalue weighted by atomic mass is 10.3. The minimum Gasteiger partial charge on any atom is -0.493 e. The molecule has 0 aliphatic heterocycles. The fourth-order valence-electron chi connectivity index (χ4n) is 1.59. The molecule has 0 atom stereocenters. The number of halogens is 4. The zero-order valence-electron chi connectivity index (χ0n) is 12.0. The second-order valence-corrected chi connectivity index (χ2v) is 6.78. The Bertz CT molecular complexity index is 851. The van der Waals surface area contributed by atoms with E-state index in [-0.39, 0.29) is 22.8 Å². The van der Waals surface area contributed by atoms with Crippen molar-refractivity contribution in [2.45, 2.75) is 11.1 Å². The molecule has 1 N–H and O–H groups in total. The zero-order chi connectivity index (χ0) is 18.1. The molecule has 0 radical (unpaired) electrons. The number of hydrogen-bond acceptors (Lipinski definition) is 7. The number of hydrogen-bond donors (Lipinski definition) is 1. The average Bonchev–Trinajstić information content (AvgIpc) is 2.94. The predicted octanol–water partition coefficient (Wildman–Crippen LogP) is 2.51. The van der Waals surface area contributed by atoms with E-state index < -0.39 is 37.1 Å². The van der Waals surface area contributed by atoms with Gasteiger partial charge in [0.05, 0.1) is 14.2 Å². The molecule has 13 heteroatoms. The molecule has 2 rings (SSSR count). The SMILES string of the molecule is COc1cc(F)c(S(=O)(=O)Nc2nnc(C(F)(F)F)s2)cc1OC. The van der Waals surface area contributed by atoms with Crippen LogP contribution in [0.25, 0.3) is 0 Å². The van der Waals surface area contributed by atoms with Crippen molar-refractivity contribution in [1.82, 2.24) is 10.2 Å². The second kappa shape index (κ2) is 6.39. The number of anilines is 1. The second-order valence-electron chi connectivity index (χ2n) is 4.15. The summed E-state index contributed by atoms with van der Waals surface area (Å²) >= 11 is -0.0311. The van der Waals surface area contributed by atoms with Crippen LogP contribution in [0.2, 0.25) is 0 Å². The fourth-order valence-corrected chi connectivity index (χ4v) is 3.51. The topological polar surface area (TPSA) is 90.4 Å². The Labute approximate surface area is 137 Å². The molecule has 132 valence electrons.